The van der Waals surface area contributed by atoms with Crippen LogP contribution in [0.2, 0.25) is 0 Å². The van der Waals surface area contributed by atoms with E-state index in [1.54, 1.807) is 6.20 Å². The first-order valence-electron chi connectivity index (χ1n) is 6.43. The SMILES string of the molecule is CC(C)Oc1cccc2c1[nH]c(=S)n2Cc1ccno1. The molecule has 0 radical (unpaired) electrons. The molecule has 3 rings (SSSR count). The number of imidazole rings is 1. The highest BCUT2D eigenvalue weighted by Gasteiger charge is 2.11. The van der Waals surface area contributed by atoms with Crippen LogP contribution in [0.5, 0.6) is 5.75 Å². The molecule has 0 unspecified atom stereocenters. The minimum Gasteiger partial charge on any atom is -0.489 e. The number of rotatable bonds is 4. The predicted octanol–water partition coefficient (Wildman–Crippen LogP) is 3.52. The first kappa shape index (κ1) is 12.9. The van der Waals surface area contributed by atoms with Gasteiger partial charge in [-0.3, -0.25) is 0 Å². The molecule has 6 heteroatoms. The monoisotopic (exact) mass is 289 g/mol. The summed E-state index contributed by atoms with van der Waals surface area (Å²) in [5.41, 5.74) is 1.90. The van der Waals surface area contributed by atoms with Gasteiger partial charge in [0.1, 0.15) is 11.3 Å². The molecular weight excluding hydrogens is 274 g/mol. The van der Waals surface area contributed by atoms with Gasteiger partial charge >= 0.3 is 0 Å². The summed E-state index contributed by atoms with van der Waals surface area (Å²) in [5.74, 6) is 1.57. The van der Waals surface area contributed by atoms with Crippen LogP contribution in [0.1, 0.15) is 19.6 Å². The average molecular weight is 289 g/mol. The third-order valence-electron chi connectivity index (χ3n) is 2.94. The van der Waals surface area contributed by atoms with Gasteiger partial charge in [0.05, 0.1) is 24.4 Å². The van der Waals surface area contributed by atoms with Crippen LogP contribution >= 0.6 is 12.2 Å². The Bertz CT molecular complexity index is 771. The molecule has 1 aromatic carbocycles. The number of hydrogen-bond donors (Lipinski definition) is 1. The summed E-state index contributed by atoms with van der Waals surface area (Å²) in [6.07, 6.45) is 1.74. The number of ether oxygens (including phenoxy) is 1. The number of nitrogens with zero attached hydrogens (tertiary/aromatic N) is 2. The number of fused-ring (bicyclic) bond motifs is 1. The van der Waals surface area contributed by atoms with Gasteiger partial charge in [-0.2, -0.15) is 0 Å². The molecule has 20 heavy (non-hydrogen) atoms. The molecule has 0 saturated carbocycles. The Labute approximate surface area is 121 Å². The van der Waals surface area contributed by atoms with Crippen LogP contribution in [-0.2, 0) is 6.54 Å². The average Bonchev–Trinajstić information content (AvgIpc) is 3.00. The molecule has 0 spiro atoms. The number of nitrogens with one attached hydrogen (secondary N) is 1. The van der Waals surface area contributed by atoms with Crippen molar-refractivity contribution in [3.8, 4) is 5.75 Å². The van der Waals surface area contributed by atoms with Gasteiger partial charge in [-0.1, -0.05) is 11.2 Å². The zero-order valence-corrected chi connectivity index (χ0v) is 12.1. The molecular formula is C14H15N3O2S. The summed E-state index contributed by atoms with van der Waals surface area (Å²) in [5, 5.41) is 3.71. The van der Waals surface area contributed by atoms with Gasteiger partial charge < -0.3 is 18.8 Å². The zero-order valence-electron chi connectivity index (χ0n) is 11.3. The van der Waals surface area contributed by atoms with Crippen molar-refractivity contribution in [3.63, 3.8) is 0 Å². The van der Waals surface area contributed by atoms with Crippen LogP contribution in [0.15, 0.2) is 35.0 Å². The lowest BCUT2D eigenvalue weighted by Crippen LogP contribution is -2.05. The van der Waals surface area contributed by atoms with Gasteiger partial charge in [-0.15, -0.1) is 0 Å². The smallest absolute Gasteiger partial charge is 0.178 e. The van der Waals surface area contributed by atoms with Crippen molar-refractivity contribution in [2.75, 3.05) is 0 Å². The van der Waals surface area contributed by atoms with Crippen LogP contribution in [0.4, 0.5) is 0 Å². The van der Waals surface area contributed by atoms with Gasteiger partial charge in [0, 0.05) is 6.07 Å². The third kappa shape index (κ3) is 2.34. The summed E-state index contributed by atoms with van der Waals surface area (Å²) in [6.45, 7) is 4.54. The lowest BCUT2D eigenvalue weighted by molar-refractivity contribution is 0.245. The fourth-order valence-corrected chi connectivity index (χ4v) is 2.41. The molecule has 0 amide bonds. The Morgan fingerprint density at radius 2 is 2.25 bits per heavy atom. The van der Waals surface area contributed by atoms with E-state index in [0.29, 0.717) is 11.3 Å². The number of para-hydroxylation sites is 1. The van der Waals surface area contributed by atoms with Gasteiger partial charge in [0.15, 0.2) is 10.5 Å². The minimum absolute atomic E-state index is 0.111. The fraction of sp³-hybridized carbons (Fsp3) is 0.286. The molecule has 3 aromatic rings. The van der Waals surface area contributed by atoms with E-state index < -0.39 is 0 Å². The Kier molecular flexibility index (Phi) is 3.31. The molecule has 0 aliphatic rings. The quantitative estimate of drug-likeness (QED) is 0.747. The minimum atomic E-state index is 0.111. The Morgan fingerprint density at radius 1 is 1.40 bits per heavy atom. The topological polar surface area (TPSA) is 56.0 Å². The third-order valence-corrected chi connectivity index (χ3v) is 3.26. The molecule has 5 nitrogen and oxygen atoms in total. The van der Waals surface area contributed by atoms with Crippen molar-refractivity contribution in [2.45, 2.75) is 26.5 Å². The van der Waals surface area contributed by atoms with E-state index >= 15 is 0 Å². The highest BCUT2D eigenvalue weighted by atomic mass is 32.1. The first-order chi connectivity index (χ1) is 9.65. The summed E-state index contributed by atoms with van der Waals surface area (Å²) < 4.78 is 13.6. The Hall–Kier alpha value is -2.08. The molecule has 2 heterocycles. The molecule has 0 fully saturated rings. The van der Waals surface area contributed by atoms with E-state index in [1.165, 1.54) is 0 Å². The second-order valence-corrected chi connectivity index (χ2v) is 5.20. The molecule has 104 valence electrons. The molecule has 0 atom stereocenters. The Morgan fingerprint density at radius 3 is 2.95 bits per heavy atom. The summed E-state index contributed by atoms with van der Waals surface area (Å²) in [6, 6.07) is 7.73. The number of aromatic amines is 1. The molecule has 2 aromatic heterocycles. The van der Waals surface area contributed by atoms with Crippen LogP contribution in [0, 0.1) is 4.77 Å². The van der Waals surface area contributed by atoms with E-state index in [0.717, 1.165) is 22.5 Å². The van der Waals surface area contributed by atoms with Gasteiger partial charge in [-0.05, 0) is 38.2 Å². The molecule has 0 bridgehead atoms. The van der Waals surface area contributed by atoms with Crippen molar-refractivity contribution < 1.29 is 9.26 Å². The van der Waals surface area contributed by atoms with Crippen LogP contribution in [0.25, 0.3) is 11.0 Å². The summed E-state index contributed by atoms with van der Waals surface area (Å²) in [4.78, 5) is 3.20. The predicted molar refractivity (Wildman–Crippen MR) is 78.5 cm³/mol. The van der Waals surface area contributed by atoms with Crippen molar-refractivity contribution >= 4 is 23.3 Å². The first-order valence-corrected chi connectivity index (χ1v) is 6.83. The maximum absolute atomic E-state index is 5.80. The second kappa shape index (κ2) is 5.13. The fourth-order valence-electron chi connectivity index (χ4n) is 2.14. The normalized spacial score (nSPS) is 11.3. The van der Waals surface area contributed by atoms with E-state index in [9.17, 15) is 0 Å². The molecule has 0 saturated heterocycles. The van der Waals surface area contributed by atoms with Crippen molar-refractivity contribution in [1.82, 2.24) is 14.7 Å². The van der Waals surface area contributed by atoms with E-state index in [4.69, 9.17) is 21.5 Å². The second-order valence-electron chi connectivity index (χ2n) is 4.81. The van der Waals surface area contributed by atoms with Gasteiger partial charge in [0.25, 0.3) is 0 Å². The lowest BCUT2D eigenvalue weighted by Gasteiger charge is -2.10. The summed E-state index contributed by atoms with van der Waals surface area (Å²) in [7, 11) is 0. The van der Waals surface area contributed by atoms with Crippen molar-refractivity contribution in [1.29, 1.82) is 0 Å². The number of H-pyrrole nitrogens is 1. The summed E-state index contributed by atoms with van der Waals surface area (Å²) >= 11 is 5.39. The molecule has 0 aliphatic carbocycles. The number of aromatic nitrogens is 3. The number of benzene rings is 1. The largest absolute Gasteiger partial charge is 0.489 e. The van der Waals surface area contributed by atoms with Gasteiger partial charge in [0.2, 0.25) is 0 Å². The zero-order chi connectivity index (χ0) is 14.1. The van der Waals surface area contributed by atoms with Crippen LogP contribution in [0.3, 0.4) is 0 Å². The lowest BCUT2D eigenvalue weighted by atomic mass is 10.3. The van der Waals surface area contributed by atoms with Gasteiger partial charge in [-0.25, -0.2) is 0 Å². The number of hydrogen-bond acceptors (Lipinski definition) is 4. The molecule has 1 N–H and O–H groups in total. The van der Waals surface area contributed by atoms with Crippen LogP contribution < -0.4 is 4.74 Å². The highest BCUT2D eigenvalue weighted by Crippen LogP contribution is 2.26. The van der Waals surface area contributed by atoms with Crippen LogP contribution in [-0.4, -0.2) is 20.8 Å². The maximum Gasteiger partial charge on any atom is 0.178 e. The molecule has 0 aliphatic heterocycles. The van der Waals surface area contributed by atoms with Crippen molar-refractivity contribution in [3.05, 3.63) is 41.0 Å². The highest BCUT2D eigenvalue weighted by molar-refractivity contribution is 7.71. The van der Waals surface area contributed by atoms with E-state index in [-0.39, 0.29) is 6.10 Å². The van der Waals surface area contributed by atoms with Crippen molar-refractivity contribution in [2.24, 2.45) is 0 Å². The Balaban J connectivity index is 2.09. The maximum atomic E-state index is 5.80. The van der Waals surface area contributed by atoms with E-state index in [2.05, 4.69) is 10.1 Å². The standard InChI is InChI=1S/C14H15N3O2S/c1-9(2)18-12-5-3-4-11-13(12)16-14(20)17(11)8-10-6-7-15-19-10/h3-7,9H,8H2,1-2H3,(H,16,20). The van der Waals surface area contributed by atoms with E-state index in [1.807, 2.05) is 42.7 Å².